The van der Waals surface area contributed by atoms with Crippen molar-refractivity contribution in [3.63, 3.8) is 0 Å². The van der Waals surface area contributed by atoms with Crippen molar-refractivity contribution in [2.24, 2.45) is 0 Å². The van der Waals surface area contributed by atoms with E-state index in [4.69, 9.17) is 20.8 Å². The van der Waals surface area contributed by atoms with Gasteiger partial charge in [0.2, 0.25) is 0 Å². The molecule has 7 heteroatoms. The van der Waals surface area contributed by atoms with Crippen LogP contribution in [0, 0.1) is 6.92 Å². The second-order valence-electron chi connectivity index (χ2n) is 5.98. The molecule has 1 unspecified atom stereocenters. The van der Waals surface area contributed by atoms with Crippen LogP contribution in [-0.4, -0.2) is 48.8 Å². The predicted octanol–water partition coefficient (Wildman–Crippen LogP) is 2.75. The van der Waals surface area contributed by atoms with Crippen LogP contribution in [0.1, 0.15) is 27.9 Å². The van der Waals surface area contributed by atoms with Crippen molar-refractivity contribution in [1.82, 2.24) is 10.2 Å². The zero-order valence-corrected chi connectivity index (χ0v) is 14.8. The summed E-state index contributed by atoms with van der Waals surface area (Å²) in [6.45, 7) is 5.09. The molecule has 0 bridgehead atoms. The summed E-state index contributed by atoms with van der Waals surface area (Å²) in [5.41, 5.74) is 0.156. The maximum atomic E-state index is 12.4. The Balaban J connectivity index is 1.73. The van der Waals surface area contributed by atoms with Crippen LogP contribution in [-0.2, 0) is 4.74 Å². The number of ether oxygens (including phenoxy) is 1. The normalized spacial score (nSPS) is 16.6. The average Bonchev–Trinajstić information content (AvgIpc) is 3.04. The van der Waals surface area contributed by atoms with Gasteiger partial charge in [-0.25, -0.2) is 0 Å². The van der Waals surface area contributed by atoms with E-state index in [0.717, 1.165) is 24.6 Å². The fraction of sp³-hybridized carbons (Fsp3) is 0.389. The first-order chi connectivity index (χ1) is 12.0. The van der Waals surface area contributed by atoms with Gasteiger partial charge < -0.3 is 19.6 Å². The first kappa shape index (κ1) is 17.8. The molecule has 0 aliphatic carbocycles. The third kappa shape index (κ3) is 4.34. The van der Waals surface area contributed by atoms with Gasteiger partial charge in [-0.15, -0.1) is 0 Å². The van der Waals surface area contributed by atoms with Crippen molar-refractivity contribution in [1.29, 1.82) is 0 Å². The van der Waals surface area contributed by atoms with Gasteiger partial charge in [-0.3, -0.25) is 9.69 Å². The highest BCUT2D eigenvalue weighted by atomic mass is 35.5. The number of furan rings is 1. The number of aromatic hydroxyl groups is 1. The monoisotopic (exact) mass is 364 g/mol. The minimum atomic E-state index is -0.374. The van der Waals surface area contributed by atoms with Crippen molar-refractivity contribution in [2.75, 3.05) is 32.8 Å². The standard InChI is InChI=1S/C18H21ClN2O4/c1-12-2-5-17(25-12)15(21-6-8-24-9-7-21)11-20-18(23)14-10-13(19)3-4-16(14)22/h2-5,10,15,22H,6-9,11H2,1H3,(H,20,23). The van der Waals surface area contributed by atoms with Gasteiger partial charge in [0.15, 0.2) is 0 Å². The summed E-state index contributed by atoms with van der Waals surface area (Å²) < 4.78 is 11.2. The molecule has 2 aromatic rings. The van der Waals surface area contributed by atoms with Crippen LogP contribution >= 0.6 is 11.6 Å². The van der Waals surface area contributed by atoms with Crippen molar-refractivity contribution in [2.45, 2.75) is 13.0 Å². The zero-order valence-electron chi connectivity index (χ0n) is 14.0. The molecule has 1 atom stereocenters. The molecule has 0 radical (unpaired) electrons. The lowest BCUT2D eigenvalue weighted by atomic mass is 10.1. The lowest BCUT2D eigenvalue weighted by Crippen LogP contribution is -2.43. The van der Waals surface area contributed by atoms with E-state index in [1.54, 1.807) is 0 Å². The second-order valence-corrected chi connectivity index (χ2v) is 6.42. The van der Waals surface area contributed by atoms with E-state index in [0.29, 0.717) is 24.8 Å². The molecule has 0 saturated carbocycles. The molecule has 2 heterocycles. The summed E-state index contributed by atoms with van der Waals surface area (Å²) in [7, 11) is 0. The van der Waals surface area contributed by atoms with Crippen LogP contribution in [0.15, 0.2) is 34.7 Å². The number of halogens is 1. The number of carbonyl (C=O) groups is 1. The number of phenolic OH excluding ortho intramolecular Hbond substituents is 1. The van der Waals surface area contributed by atoms with E-state index in [9.17, 15) is 9.90 Å². The molecule has 1 aromatic carbocycles. The topological polar surface area (TPSA) is 74.9 Å². The van der Waals surface area contributed by atoms with E-state index in [2.05, 4.69) is 10.2 Å². The van der Waals surface area contributed by atoms with Gasteiger partial charge in [0, 0.05) is 24.7 Å². The lowest BCUT2D eigenvalue weighted by Gasteiger charge is -2.33. The fourth-order valence-corrected chi connectivity index (χ4v) is 3.08. The highest BCUT2D eigenvalue weighted by Crippen LogP contribution is 2.25. The largest absolute Gasteiger partial charge is 0.507 e. The number of amides is 1. The van der Waals surface area contributed by atoms with E-state index < -0.39 is 0 Å². The van der Waals surface area contributed by atoms with Crippen LogP contribution in [0.5, 0.6) is 5.75 Å². The number of phenols is 1. The summed E-state index contributed by atoms with van der Waals surface area (Å²) in [6, 6.07) is 8.14. The molecule has 3 rings (SSSR count). The Morgan fingerprint density at radius 3 is 2.76 bits per heavy atom. The molecule has 1 aliphatic rings. The molecule has 1 aliphatic heterocycles. The lowest BCUT2D eigenvalue weighted by molar-refractivity contribution is 0.0117. The Bertz CT molecular complexity index is 740. The molecule has 6 nitrogen and oxygen atoms in total. The smallest absolute Gasteiger partial charge is 0.255 e. The Labute approximate surface area is 151 Å². The molecule has 2 N–H and O–H groups in total. The number of benzene rings is 1. The fourth-order valence-electron chi connectivity index (χ4n) is 2.91. The van der Waals surface area contributed by atoms with Gasteiger partial charge in [0.05, 0.1) is 24.8 Å². The van der Waals surface area contributed by atoms with Gasteiger partial charge in [0.1, 0.15) is 17.3 Å². The van der Waals surface area contributed by atoms with E-state index >= 15 is 0 Å². The summed E-state index contributed by atoms with van der Waals surface area (Å²) >= 11 is 5.92. The van der Waals surface area contributed by atoms with Crippen LogP contribution in [0.2, 0.25) is 5.02 Å². The van der Waals surface area contributed by atoms with Gasteiger partial charge in [0.25, 0.3) is 5.91 Å². The van der Waals surface area contributed by atoms with Crippen molar-refractivity contribution in [3.8, 4) is 5.75 Å². The zero-order chi connectivity index (χ0) is 17.8. The maximum absolute atomic E-state index is 12.4. The molecular weight excluding hydrogens is 344 g/mol. The van der Waals surface area contributed by atoms with Crippen LogP contribution in [0.3, 0.4) is 0 Å². The van der Waals surface area contributed by atoms with Crippen LogP contribution in [0.25, 0.3) is 0 Å². The van der Waals surface area contributed by atoms with Gasteiger partial charge in [-0.2, -0.15) is 0 Å². The molecule has 1 saturated heterocycles. The molecule has 1 fully saturated rings. The van der Waals surface area contributed by atoms with Crippen molar-refractivity contribution < 1.29 is 19.1 Å². The molecular formula is C18H21ClN2O4. The van der Waals surface area contributed by atoms with E-state index in [1.807, 2.05) is 19.1 Å². The van der Waals surface area contributed by atoms with Crippen molar-refractivity contribution in [3.05, 3.63) is 52.4 Å². The second kappa shape index (κ2) is 7.91. The highest BCUT2D eigenvalue weighted by molar-refractivity contribution is 6.31. The SMILES string of the molecule is Cc1ccc(C(CNC(=O)c2cc(Cl)ccc2O)N2CCOCC2)o1. The summed E-state index contributed by atoms with van der Waals surface area (Å²) in [6.07, 6.45) is 0. The average molecular weight is 365 g/mol. The number of nitrogens with one attached hydrogen (secondary N) is 1. The summed E-state index contributed by atoms with van der Waals surface area (Å²) in [4.78, 5) is 14.7. The number of nitrogens with zero attached hydrogens (tertiary/aromatic N) is 1. The van der Waals surface area contributed by atoms with Crippen LogP contribution < -0.4 is 5.32 Å². The minimum absolute atomic E-state index is 0.0946. The van der Waals surface area contributed by atoms with Gasteiger partial charge in [-0.05, 0) is 37.3 Å². The first-order valence-corrected chi connectivity index (χ1v) is 8.57. The maximum Gasteiger partial charge on any atom is 0.255 e. The molecule has 1 amide bonds. The number of carbonyl (C=O) groups excluding carboxylic acids is 1. The van der Waals surface area contributed by atoms with Crippen molar-refractivity contribution >= 4 is 17.5 Å². The third-order valence-electron chi connectivity index (χ3n) is 4.24. The number of rotatable bonds is 5. The molecule has 134 valence electrons. The van der Waals surface area contributed by atoms with E-state index in [-0.39, 0.29) is 23.3 Å². The number of morpholine rings is 1. The van der Waals surface area contributed by atoms with E-state index in [1.165, 1.54) is 18.2 Å². The minimum Gasteiger partial charge on any atom is -0.507 e. The Kier molecular flexibility index (Phi) is 5.63. The number of hydrogen-bond donors (Lipinski definition) is 2. The molecule has 1 aromatic heterocycles. The Morgan fingerprint density at radius 1 is 1.32 bits per heavy atom. The summed E-state index contributed by atoms with van der Waals surface area (Å²) in [5, 5.41) is 13.1. The third-order valence-corrected chi connectivity index (χ3v) is 4.47. The number of hydrogen-bond acceptors (Lipinski definition) is 5. The predicted molar refractivity (Wildman–Crippen MR) is 94.0 cm³/mol. The molecule has 0 spiro atoms. The Morgan fingerprint density at radius 2 is 2.08 bits per heavy atom. The van der Waals surface area contributed by atoms with Gasteiger partial charge >= 0.3 is 0 Å². The first-order valence-electron chi connectivity index (χ1n) is 8.19. The van der Waals surface area contributed by atoms with Crippen LogP contribution in [0.4, 0.5) is 0 Å². The summed E-state index contributed by atoms with van der Waals surface area (Å²) in [5.74, 6) is 1.15. The molecule has 25 heavy (non-hydrogen) atoms. The quantitative estimate of drug-likeness (QED) is 0.853. The Hall–Kier alpha value is -2.02. The van der Waals surface area contributed by atoms with Gasteiger partial charge in [-0.1, -0.05) is 11.6 Å². The number of aryl methyl sites for hydroxylation is 1. The highest BCUT2D eigenvalue weighted by Gasteiger charge is 2.26.